The Morgan fingerprint density at radius 2 is 2.00 bits per heavy atom. The van der Waals surface area contributed by atoms with Gasteiger partial charge in [0.15, 0.2) is 0 Å². The van der Waals surface area contributed by atoms with E-state index < -0.39 is 0 Å². The molecule has 0 heterocycles. The molecule has 1 aromatic rings. The maximum atomic E-state index is 12.0. The maximum Gasteiger partial charge on any atom is 0.309 e. The molecule has 1 aliphatic rings. The summed E-state index contributed by atoms with van der Waals surface area (Å²) in [5, 5.41) is 0. The van der Waals surface area contributed by atoms with Gasteiger partial charge >= 0.3 is 5.97 Å². The molecule has 2 unspecified atom stereocenters. The van der Waals surface area contributed by atoms with E-state index in [1.54, 1.807) is 0 Å². The molecule has 0 radical (unpaired) electrons. The van der Waals surface area contributed by atoms with Crippen LogP contribution >= 0.6 is 0 Å². The zero-order valence-corrected chi connectivity index (χ0v) is 11.6. The molecule has 0 amide bonds. The van der Waals surface area contributed by atoms with Crippen molar-refractivity contribution in [2.75, 3.05) is 0 Å². The van der Waals surface area contributed by atoms with Gasteiger partial charge in [-0.15, -0.1) is 0 Å². The first kappa shape index (κ1) is 13.8. The fourth-order valence-corrected chi connectivity index (χ4v) is 2.50. The van der Waals surface area contributed by atoms with Crippen molar-refractivity contribution < 1.29 is 9.53 Å². The molecule has 1 aromatic carbocycles. The molecule has 0 saturated heterocycles. The highest BCUT2D eigenvalue weighted by atomic mass is 16.5. The van der Waals surface area contributed by atoms with Crippen LogP contribution in [0.15, 0.2) is 35.3 Å². The van der Waals surface area contributed by atoms with Crippen LogP contribution in [-0.2, 0) is 16.1 Å². The van der Waals surface area contributed by atoms with Crippen molar-refractivity contribution in [1.29, 1.82) is 0 Å². The van der Waals surface area contributed by atoms with E-state index in [1.165, 1.54) is 0 Å². The Kier molecular flexibility index (Phi) is 4.72. The quantitative estimate of drug-likeness (QED) is 0.614. The summed E-state index contributed by atoms with van der Waals surface area (Å²) in [6.07, 6.45) is 2.73. The van der Waals surface area contributed by atoms with Crippen LogP contribution in [0, 0.1) is 5.92 Å². The SMILES string of the molecule is CC(C)=NC1CCC(C(=O)OCc2ccccc2)C1. The molecule has 2 rings (SSSR count). The molecule has 0 spiro atoms. The zero-order chi connectivity index (χ0) is 13.7. The minimum absolute atomic E-state index is 0.0248. The molecule has 102 valence electrons. The van der Waals surface area contributed by atoms with Gasteiger partial charge < -0.3 is 4.74 Å². The molecule has 3 nitrogen and oxygen atoms in total. The number of aliphatic imine (C=N–C) groups is 1. The fourth-order valence-electron chi connectivity index (χ4n) is 2.50. The Balaban J connectivity index is 1.80. The average Bonchev–Trinajstić information content (AvgIpc) is 2.85. The molecule has 1 saturated carbocycles. The van der Waals surface area contributed by atoms with E-state index in [2.05, 4.69) is 4.99 Å². The predicted octanol–water partition coefficient (Wildman–Crippen LogP) is 3.38. The third kappa shape index (κ3) is 4.19. The van der Waals surface area contributed by atoms with Gasteiger partial charge in [0.25, 0.3) is 0 Å². The van der Waals surface area contributed by atoms with Crippen LogP contribution in [0.3, 0.4) is 0 Å². The van der Waals surface area contributed by atoms with Crippen LogP contribution < -0.4 is 0 Å². The van der Waals surface area contributed by atoms with E-state index in [0.29, 0.717) is 12.6 Å². The second kappa shape index (κ2) is 6.50. The third-order valence-corrected chi connectivity index (χ3v) is 3.40. The maximum absolute atomic E-state index is 12.0. The van der Waals surface area contributed by atoms with Gasteiger partial charge in [0.05, 0.1) is 12.0 Å². The molecular weight excluding hydrogens is 238 g/mol. The lowest BCUT2D eigenvalue weighted by molar-refractivity contribution is -0.149. The predicted molar refractivity (Wildman–Crippen MR) is 76.2 cm³/mol. The summed E-state index contributed by atoms with van der Waals surface area (Å²) in [5.74, 6) is -0.0490. The highest BCUT2D eigenvalue weighted by Gasteiger charge is 2.30. The van der Waals surface area contributed by atoms with Gasteiger partial charge in [0.2, 0.25) is 0 Å². The van der Waals surface area contributed by atoms with Gasteiger partial charge in [-0.2, -0.15) is 0 Å². The summed E-state index contributed by atoms with van der Waals surface area (Å²) in [6.45, 7) is 4.37. The van der Waals surface area contributed by atoms with Crippen molar-refractivity contribution in [2.45, 2.75) is 45.8 Å². The van der Waals surface area contributed by atoms with Crippen molar-refractivity contribution in [1.82, 2.24) is 0 Å². The number of carbonyl (C=O) groups excluding carboxylic acids is 1. The number of ether oxygens (including phenoxy) is 1. The molecule has 0 aliphatic heterocycles. The number of nitrogens with zero attached hydrogens (tertiary/aromatic N) is 1. The molecule has 0 aromatic heterocycles. The van der Waals surface area contributed by atoms with Crippen molar-refractivity contribution in [3.63, 3.8) is 0 Å². The zero-order valence-electron chi connectivity index (χ0n) is 11.6. The van der Waals surface area contributed by atoms with Crippen LogP contribution in [0.2, 0.25) is 0 Å². The summed E-state index contributed by atoms with van der Waals surface area (Å²) in [7, 11) is 0. The number of rotatable bonds is 4. The lowest BCUT2D eigenvalue weighted by Crippen LogP contribution is -2.15. The van der Waals surface area contributed by atoms with Crippen LogP contribution in [0.1, 0.15) is 38.7 Å². The first-order valence-electron chi connectivity index (χ1n) is 6.86. The first-order chi connectivity index (χ1) is 9.15. The highest BCUT2D eigenvalue weighted by Crippen LogP contribution is 2.29. The molecule has 0 bridgehead atoms. The Labute approximate surface area is 114 Å². The van der Waals surface area contributed by atoms with E-state index in [-0.39, 0.29) is 11.9 Å². The van der Waals surface area contributed by atoms with Crippen LogP contribution in [-0.4, -0.2) is 17.7 Å². The van der Waals surface area contributed by atoms with Crippen LogP contribution in [0.4, 0.5) is 0 Å². The minimum Gasteiger partial charge on any atom is -0.461 e. The number of benzene rings is 1. The van der Waals surface area contributed by atoms with Gasteiger partial charge in [0, 0.05) is 5.71 Å². The summed E-state index contributed by atoms with van der Waals surface area (Å²) >= 11 is 0. The summed E-state index contributed by atoms with van der Waals surface area (Å²) in [6, 6.07) is 10.1. The molecule has 2 atom stereocenters. The van der Waals surface area contributed by atoms with Crippen molar-refractivity contribution in [2.24, 2.45) is 10.9 Å². The van der Waals surface area contributed by atoms with Crippen molar-refractivity contribution in [3.8, 4) is 0 Å². The van der Waals surface area contributed by atoms with Gasteiger partial charge in [-0.05, 0) is 38.7 Å². The average molecular weight is 259 g/mol. The molecule has 1 fully saturated rings. The summed E-state index contributed by atoms with van der Waals surface area (Å²) in [4.78, 5) is 16.5. The van der Waals surface area contributed by atoms with E-state index in [0.717, 1.165) is 30.5 Å². The normalized spacial score (nSPS) is 22.0. The summed E-state index contributed by atoms with van der Waals surface area (Å²) in [5.41, 5.74) is 2.12. The number of hydrogen-bond acceptors (Lipinski definition) is 3. The number of hydrogen-bond donors (Lipinski definition) is 0. The third-order valence-electron chi connectivity index (χ3n) is 3.40. The second-order valence-corrected chi connectivity index (χ2v) is 5.33. The van der Waals surface area contributed by atoms with E-state index in [9.17, 15) is 4.79 Å². The summed E-state index contributed by atoms with van der Waals surface area (Å²) < 4.78 is 5.38. The Morgan fingerprint density at radius 1 is 1.26 bits per heavy atom. The van der Waals surface area contributed by atoms with E-state index in [4.69, 9.17) is 4.74 Å². The second-order valence-electron chi connectivity index (χ2n) is 5.33. The number of esters is 1. The van der Waals surface area contributed by atoms with Gasteiger partial charge in [-0.1, -0.05) is 30.3 Å². The Morgan fingerprint density at radius 3 is 2.68 bits per heavy atom. The minimum atomic E-state index is -0.0738. The molecule has 1 aliphatic carbocycles. The topological polar surface area (TPSA) is 38.7 Å². The smallest absolute Gasteiger partial charge is 0.309 e. The Bertz CT molecular complexity index is 449. The van der Waals surface area contributed by atoms with E-state index >= 15 is 0 Å². The lowest BCUT2D eigenvalue weighted by atomic mass is 10.1. The molecule has 0 N–H and O–H groups in total. The first-order valence-corrected chi connectivity index (χ1v) is 6.86. The number of carbonyl (C=O) groups is 1. The fraction of sp³-hybridized carbons (Fsp3) is 0.500. The monoisotopic (exact) mass is 259 g/mol. The van der Waals surface area contributed by atoms with Crippen LogP contribution in [0.5, 0.6) is 0 Å². The largest absolute Gasteiger partial charge is 0.461 e. The van der Waals surface area contributed by atoms with Gasteiger partial charge in [-0.3, -0.25) is 9.79 Å². The standard InChI is InChI=1S/C16H21NO2/c1-12(2)17-15-9-8-14(10-15)16(18)19-11-13-6-4-3-5-7-13/h3-7,14-15H,8-11H2,1-2H3. The van der Waals surface area contributed by atoms with Crippen molar-refractivity contribution in [3.05, 3.63) is 35.9 Å². The molecular formula is C16H21NO2. The highest BCUT2D eigenvalue weighted by molar-refractivity contribution is 5.79. The van der Waals surface area contributed by atoms with E-state index in [1.807, 2.05) is 44.2 Å². The Hall–Kier alpha value is -1.64. The molecule has 19 heavy (non-hydrogen) atoms. The van der Waals surface area contributed by atoms with Gasteiger partial charge in [-0.25, -0.2) is 0 Å². The van der Waals surface area contributed by atoms with Gasteiger partial charge in [0.1, 0.15) is 6.61 Å². The molecule has 3 heteroatoms. The van der Waals surface area contributed by atoms with Crippen LogP contribution in [0.25, 0.3) is 0 Å². The van der Waals surface area contributed by atoms with Crippen molar-refractivity contribution >= 4 is 11.7 Å². The lowest BCUT2D eigenvalue weighted by Gasteiger charge is -2.10.